The number of thiazole rings is 1. The minimum absolute atomic E-state index is 0.0120. The Morgan fingerprint density at radius 1 is 1.33 bits per heavy atom. The lowest BCUT2D eigenvalue weighted by Gasteiger charge is -2.06. The maximum atomic E-state index is 11.8. The molecular weight excluding hydrogens is 327 g/mol. The van der Waals surface area contributed by atoms with Gasteiger partial charge < -0.3 is 5.32 Å². The van der Waals surface area contributed by atoms with Gasteiger partial charge in [-0.05, 0) is 25.0 Å². The number of hydrogen-bond donors (Lipinski definition) is 1. The van der Waals surface area contributed by atoms with E-state index in [9.17, 15) is 4.79 Å². The van der Waals surface area contributed by atoms with Crippen molar-refractivity contribution >= 4 is 40.4 Å². The molecule has 112 valence electrons. The Kier molecular flexibility index (Phi) is 6.03. The van der Waals surface area contributed by atoms with Gasteiger partial charge in [0.15, 0.2) is 0 Å². The molecule has 3 nitrogen and oxygen atoms in total. The minimum Gasteiger partial charge on any atom is -0.356 e. The van der Waals surface area contributed by atoms with Crippen molar-refractivity contribution in [3.05, 3.63) is 49.9 Å². The zero-order valence-electron chi connectivity index (χ0n) is 11.7. The lowest BCUT2D eigenvalue weighted by atomic mass is 10.1. The molecule has 1 amide bonds. The molecule has 0 aliphatic heterocycles. The molecule has 1 aromatic carbocycles. The monoisotopic (exact) mass is 342 g/mol. The van der Waals surface area contributed by atoms with E-state index in [-0.39, 0.29) is 5.91 Å². The minimum atomic E-state index is 0.0120. The van der Waals surface area contributed by atoms with Crippen LogP contribution in [0.15, 0.2) is 23.6 Å². The van der Waals surface area contributed by atoms with Gasteiger partial charge in [0.25, 0.3) is 0 Å². The number of benzene rings is 1. The highest BCUT2D eigenvalue weighted by Crippen LogP contribution is 2.26. The van der Waals surface area contributed by atoms with Crippen LogP contribution in [0.5, 0.6) is 0 Å². The van der Waals surface area contributed by atoms with E-state index in [1.54, 1.807) is 17.4 Å². The molecule has 0 fully saturated rings. The first kappa shape index (κ1) is 16.3. The van der Waals surface area contributed by atoms with Gasteiger partial charge >= 0.3 is 0 Å². The molecule has 0 atom stereocenters. The van der Waals surface area contributed by atoms with E-state index in [1.807, 2.05) is 24.4 Å². The molecule has 0 bridgehead atoms. The van der Waals surface area contributed by atoms with Gasteiger partial charge in [-0.2, -0.15) is 0 Å². The molecular formula is C15H16Cl2N2OS. The highest BCUT2D eigenvalue weighted by molar-refractivity contribution is 7.09. The summed E-state index contributed by atoms with van der Waals surface area (Å²) in [6.07, 6.45) is 1.74. The van der Waals surface area contributed by atoms with Crippen LogP contribution in [0, 0.1) is 6.92 Å². The van der Waals surface area contributed by atoms with Crippen molar-refractivity contribution in [2.45, 2.75) is 26.2 Å². The molecule has 0 saturated heterocycles. The fourth-order valence-corrected chi connectivity index (χ4v) is 2.99. The van der Waals surface area contributed by atoms with E-state index in [2.05, 4.69) is 10.3 Å². The van der Waals surface area contributed by atoms with Crippen molar-refractivity contribution in [1.82, 2.24) is 10.3 Å². The molecule has 0 unspecified atom stereocenters. The van der Waals surface area contributed by atoms with Crippen molar-refractivity contribution < 1.29 is 4.79 Å². The van der Waals surface area contributed by atoms with Crippen LogP contribution in [0.2, 0.25) is 10.0 Å². The molecule has 2 rings (SSSR count). The Morgan fingerprint density at radius 3 is 2.86 bits per heavy atom. The third-order valence-corrected chi connectivity index (χ3v) is 4.70. The molecule has 1 aromatic heterocycles. The Morgan fingerprint density at radius 2 is 2.14 bits per heavy atom. The third kappa shape index (κ3) is 4.99. The number of nitrogens with one attached hydrogen (secondary N) is 1. The fourth-order valence-electron chi connectivity index (χ4n) is 1.93. The first-order valence-corrected chi connectivity index (χ1v) is 8.30. The highest BCUT2D eigenvalue weighted by Gasteiger charge is 2.07. The van der Waals surface area contributed by atoms with Gasteiger partial charge in [0, 0.05) is 24.8 Å². The lowest BCUT2D eigenvalue weighted by Crippen LogP contribution is -2.26. The molecule has 0 radical (unpaired) electrons. The topological polar surface area (TPSA) is 42.0 Å². The summed E-state index contributed by atoms with van der Waals surface area (Å²) in [7, 11) is 0. The van der Waals surface area contributed by atoms with Gasteiger partial charge in [0.1, 0.15) is 0 Å². The number of aromatic nitrogens is 1. The Hall–Kier alpha value is -1.10. The van der Waals surface area contributed by atoms with Crippen molar-refractivity contribution in [1.29, 1.82) is 0 Å². The summed E-state index contributed by atoms with van der Waals surface area (Å²) in [6.45, 7) is 2.58. The number of carbonyl (C=O) groups is 1. The predicted molar refractivity (Wildman–Crippen MR) is 88.3 cm³/mol. The van der Waals surface area contributed by atoms with E-state index in [0.29, 0.717) is 29.4 Å². The van der Waals surface area contributed by atoms with Gasteiger partial charge in [-0.3, -0.25) is 4.79 Å². The number of hydrogen-bond acceptors (Lipinski definition) is 3. The smallest absolute Gasteiger partial charge is 0.220 e. The third-order valence-electron chi connectivity index (χ3n) is 3.02. The zero-order valence-corrected chi connectivity index (χ0v) is 14.0. The molecule has 21 heavy (non-hydrogen) atoms. The number of carbonyl (C=O) groups excluding carboxylic acids is 1. The van der Waals surface area contributed by atoms with Crippen LogP contribution in [0.25, 0.3) is 0 Å². The molecule has 0 aliphatic carbocycles. The van der Waals surface area contributed by atoms with Crippen LogP contribution in [-0.4, -0.2) is 17.4 Å². The van der Waals surface area contributed by atoms with Crippen LogP contribution >= 0.6 is 34.5 Å². The van der Waals surface area contributed by atoms with Crippen LogP contribution < -0.4 is 5.32 Å². The van der Waals surface area contributed by atoms with Crippen molar-refractivity contribution in [2.24, 2.45) is 0 Å². The van der Waals surface area contributed by atoms with Crippen molar-refractivity contribution in [3.8, 4) is 0 Å². The summed E-state index contributed by atoms with van der Waals surface area (Å²) in [5, 5.41) is 7.02. The van der Waals surface area contributed by atoms with E-state index < -0.39 is 0 Å². The zero-order chi connectivity index (χ0) is 15.2. The van der Waals surface area contributed by atoms with Crippen LogP contribution in [0.1, 0.15) is 22.7 Å². The summed E-state index contributed by atoms with van der Waals surface area (Å²) in [4.78, 5) is 16.2. The van der Waals surface area contributed by atoms with E-state index in [4.69, 9.17) is 23.2 Å². The van der Waals surface area contributed by atoms with Crippen molar-refractivity contribution in [2.75, 3.05) is 6.54 Å². The summed E-state index contributed by atoms with van der Waals surface area (Å²) in [5.41, 5.74) is 1.92. The SMILES string of the molecule is Cc1nc(CCNC(=O)CCc2cccc(Cl)c2Cl)cs1. The number of halogens is 2. The second-order valence-electron chi connectivity index (χ2n) is 4.67. The Bertz CT molecular complexity index is 628. The van der Waals surface area contributed by atoms with Crippen LogP contribution in [0.4, 0.5) is 0 Å². The average Bonchev–Trinajstić information content (AvgIpc) is 2.86. The lowest BCUT2D eigenvalue weighted by molar-refractivity contribution is -0.121. The quantitative estimate of drug-likeness (QED) is 0.860. The van der Waals surface area contributed by atoms with Crippen LogP contribution in [-0.2, 0) is 17.6 Å². The van der Waals surface area contributed by atoms with Gasteiger partial charge in [-0.15, -0.1) is 11.3 Å². The first-order valence-electron chi connectivity index (χ1n) is 6.67. The van der Waals surface area contributed by atoms with Gasteiger partial charge in [-0.1, -0.05) is 35.3 Å². The van der Waals surface area contributed by atoms with Gasteiger partial charge in [0.2, 0.25) is 5.91 Å². The van der Waals surface area contributed by atoms with Gasteiger partial charge in [0.05, 0.1) is 20.7 Å². The molecule has 1 N–H and O–H groups in total. The standard InChI is InChI=1S/C15H16Cl2N2OS/c1-10-19-12(9-21-10)7-8-18-14(20)6-5-11-3-2-4-13(16)15(11)17/h2-4,9H,5-8H2,1H3,(H,18,20). The normalized spacial score (nSPS) is 10.6. The fraction of sp³-hybridized carbons (Fsp3) is 0.333. The Labute approximate surface area is 138 Å². The molecule has 1 heterocycles. The number of rotatable bonds is 6. The van der Waals surface area contributed by atoms with Gasteiger partial charge in [-0.25, -0.2) is 4.98 Å². The summed E-state index contributed by atoms with van der Waals surface area (Å²) >= 11 is 13.7. The molecule has 0 spiro atoms. The van der Waals surface area contributed by atoms with E-state index in [0.717, 1.165) is 22.7 Å². The highest BCUT2D eigenvalue weighted by atomic mass is 35.5. The number of nitrogens with zero attached hydrogens (tertiary/aromatic N) is 1. The average molecular weight is 343 g/mol. The maximum absolute atomic E-state index is 11.8. The molecule has 0 saturated carbocycles. The second-order valence-corrected chi connectivity index (χ2v) is 6.52. The first-order chi connectivity index (χ1) is 10.1. The second kappa shape index (κ2) is 7.78. The Balaban J connectivity index is 1.73. The maximum Gasteiger partial charge on any atom is 0.220 e. The summed E-state index contributed by atoms with van der Waals surface area (Å²) < 4.78 is 0. The molecule has 0 aliphatic rings. The van der Waals surface area contributed by atoms with Crippen molar-refractivity contribution in [3.63, 3.8) is 0 Å². The van der Waals surface area contributed by atoms with E-state index in [1.165, 1.54) is 0 Å². The molecule has 6 heteroatoms. The predicted octanol–water partition coefficient (Wildman–Crippen LogP) is 4.05. The van der Waals surface area contributed by atoms with Crippen LogP contribution in [0.3, 0.4) is 0 Å². The summed E-state index contributed by atoms with van der Waals surface area (Å²) in [5.74, 6) is 0.0120. The largest absolute Gasteiger partial charge is 0.356 e. The molecule has 2 aromatic rings. The van der Waals surface area contributed by atoms with E-state index >= 15 is 0 Å². The number of aryl methyl sites for hydroxylation is 2. The number of amides is 1. The summed E-state index contributed by atoms with van der Waals surface area (Å²) in [6, 6.07) is 5.47.